The Morgan fingerprint density at radius 2 is 1.62 bits per heavy atom. The Hall–Kier alpha value is -1.67. The molecule has 0 aliphatic rings. The van der Waals surface area contributed by atoms with Gasteiger partial charge in [-0.15, -0.1) is 0 Å². The first-order chi connectivity index (χ1) is 9.95. The van der Waals surface area contributed by atoms with E-state index in [9.17, 15) is 0 Å². The number of rotatable bonds is 1. The van der Waals surface area contributed by atoms with Gasteiger partial charge in [0, 0.05) is 21.0 Å². The highest BCUT2D eigenvalue weighted by Crippen LogP contribution is 2.33. The zero-order valence-electron chi connectivity index (χ0n) is 12.5. The second kappa shape index (κ2) is 5.27. The van der Waals surface area contributed by atoms with E-state index in [0.29, 0.717) is 0 Å². The van der Waals surface area contributed by atoms with Crippen molar-refractivity contribution in [3.05, 3.63) is 64.8 Å². The summed E-state index contributed by atoms with van der Waals surface area (Å²) in [7, 11) is 0. The van der Waals surface area contributed by atoms with Gasteiger partial charge in [0.25, 0.3) is 0 Å². The molecule has 0 saturated heterocycles. The average molecular weight is 340 g/mol. The van der Waals surface area contributed by atoms with Crippen LogP contribution in [0.3, 0.4) is 0 Å². The topological polar surface area (TPSA) is 12.9 Å². The van der Waals surface area contributed by atoms with Crippen molar-refractivity contribution in [2.45, 2.75) is 26.2 Å². The summed E-state index contributed by atoms with van der Waals surface area (Å²) >= 11 is 3.57. The van der Waals surface area contributed by atoms with Crippen LogP contribution in [-0.2, 0) is 5.41 Å². The Morgan fingerprint density at radius 3 is 2.29 bits per heavy atom. The van der Waals surface area contributed by atoms with Crippen LogP contribution < -0.4 is 0 Å². The largest absolute Gasteiger partial charge is 0.252 e. The van der Waals surface area contributed by atoms with Crippen LogP contribution in [0.15, 0.2) is 59.1 Å². The van der Waals surface area contributed by atoms with E-state index in [1.165, 1.54) is 16.5 Å². The average Bonchev–Trinajstić information content (AvgIpc) is 2.46. The third-order valence-electron chi connectivity index (χ3n) is 3.62. The Balaban J connectivity index is 2.36. The summed E-state index contributed by atoms with van der Waals surface area (Å²) < 4.78 is 1.08. The molecule has 0 atom stereocenters. The van der Waals surface area contributed by atoms with Crippen LogP contribution in [0.2, 0.25) is 0 Å². The molecule has 2 aromatic carbocycles. The molecule has 0 aliphatic carbocycles. The maximum Gasteiger partial charge on any atom is 0.0712 e. The number of pyridine rings is 1. The summed E-state index contributed by atoms with van der Waals surface area (Å²) in [5, 5.41) is 1.18. The summed E-state index contributed by atoms with van der Waals surface area (Å²) in [4.78, 5) is 4.85. The van der Waals surface area contributed by atoms with Gasteiger partial charge in [-0.25, -0.2) is 0 Å². The highest BCUT2D eigenvalue weighted by atomic mass is 79.9. The molecule has 2 heteroatoms. The van der Waals surface area contributed by atoms with Gasteiger partial charge in [-0.3, -0.25) is 4.98 Å². The van der Waals surface area contributed by atoms with Gasteiger partial charge in [-0.1, -0.05) is 67.0 Å². The third kappa shape index (κ3) is 2.86. The van der Waals surface area contributed by atoms with Gasteiger partial charge in [0.05, 0.1) is 5.52 Å². The van der Waals surface area contributed by atoms with Gasteiger partial charge in [-0.2, -0.15) is 0 Å². The molecule has 3 aromatic rings. The van der Waals surface area contributed by atoms with Gasteiger partial charge >= 0.3 is 0 Å². The summed E-state index contributed by atoms with van der Waals surface area (Å²) in [5.41, 5.74) is 4.67. The van der Waals surface area contributed by atoms with Crippen molar-refractivity contribution in [1.29, 1.82) is 0 Å². The van der Waals surface area contributed by atoms with E-state index in [2.05, 4.69) is 85.2 Å². The van der Waals surface area contributed by atoms with Crippen LogP contribution in [0.1, 0.15) is 26.5 Å². The minimum Gasteiger partial charge on any atom is -0.252 e. The fraction of sp³-hybridized carbons (Fsp3) is 0.211. The molecule has 0 N–H and O–H groups in total. The van der Waals surface area contributed by atoms with Crippen LogP contribution in [-0.4, -0.2) is 4.98 Å². The molecule has 0 fully saturated rings. The molecule has 0 saturated carbocycles. The predicted octanol–water partition coefficient (Wildman–Crippen LogP) is 5.96. The fourth-order valence-corrected chi connectivity index (χ4v) is 2.80. The lowest BCUT2D eigenvalue weighted by Gasteiger charge is -2.20. The smallest absolute Gasteiger partial charge is 0.0712 e. The molecular weight excluding hydrogens is 322 g/mol. The first kappa shape index (κ1) is 14.3. The number of halogens is 1. The second-order valence-corrected chi connectivity index (χ2v) is 7.25. The first-order valence-corrected chi connectivity index (χ1v) is 7.91. The van der Waals surface area contributed by atoms with Gasteiger partial charge in [0.15, 0.2) is 0 Å². The summed E-state index contributed by atoms with van der Waals surface area (Å²) in [5.74, 6) is 0. The molecule has 106 valence electrons. The summed E-state index contributed by atoms with van der Waals surface area (Å²) in [6.45, 7) is 6.61. The van der Waals surface area contributed by atoms with E-state index in [0.717, 1.165) is 15.7 Å². The highest BCUT2D eigenvalue weighted by Gasteiger charge is 2.18. The minimum absolute atomic E-state index is 0.0325. The van der Waals surface area contributed by atoms with Gasteiger partial charge in [0.1, 0.15) is 0 Å². The maximum absolute atomic E-state index is 4.85. The Labute approximate surface area is 134 Å². The lowest BCUT2D eigenvalue weighted by atomic mass is 9.88. The van der Waals surface area contributed by atoms with Crippen molar-refractivity contribution in [2.75, 3.05) is 0 Å². The number of aromatic nitrogens is 1. The first-order valence-electron chi connectivity index (χ1n) is 7.11. The molecular formula is C19H18BrN. The molecule has 0 spiro atoms. The molecule has 1 aromatic heterocycles. The number of nitrogens with zero attached hydrogens (tertiary/aromatic N) is 1. The van der Waals surface area contributed by atoms with E-state index < -0.39 is 0 Å². The minimum atomic E-state index is 0.0325. The van der Waals surface area contributed by atoms with Gasteiger partial charge < -0.3 is 0 Å². The molecule has 0 unspecified atom stereocenters. The van der Waals surface area contributed by atoms with Crippen molar-refractivity contribution >= 4 is 26.8 Å². The lowest BCUT2D eigenvalue weighted by molar-refractivity contribution is 0.572. The van der Waals surface area contributed by atoms with Crippen LogP contribution in [0.4, 0.5) is 0 Å². The van der Waals surface area contributed by atoms with Crippen LogP contribution >= 0.6 is 15.9 Å². The van der Waals surface area contributed by atoms with Crippen molar-refractivity contribution < 1.29 is 0 Å². The van der Waals surface area contributed by atoms with Crippen molar-refractivity contribution in [3.8, 4) is 11.1 Å². The van der Waals surface area contributed by atoms with Gasteiger partial charge in [0.2, 0.25) is 0 Å². The van der Waals surface area contributed by atoms with Crippen molar-refractivity contribution in [3.63, 3.8) is 0 Å². The summed E-state index contributed by atoms with van der Waals surface area (Å²) in [6.07, 6.45) is 0. The predicted molar refractivity (Wildman–Crippen MR) is 93.6 cm³/mol. The van der Waals surface area contributed by atoms with E-state index >= 15 is 0 Å². The molecule has 3 rings (SSSR count). The molecule has 0 radical (unpaired) electrons. The quantitative estimate of drug-likeness (QED) is 0.532. The second-order valence-electron chi connectivity index (χ2n) is 6.33. The third-order valence-corrected chi connectivity index (χ3v) is 4.12. The standard InChI is InChI=1S/C19H18BrN/c1-19(2,3)18-12-15(13-7-5-4-6-8-13)16-11-14(20)9-10-17(16)21-18/h4-12H,1-3H3. The Kier molecular flexibility index (Phi) is 3.58. The van der Waals surface area contributed by atoms with Crippen molar-refractivity contribution in [1.82, 2.24) is 4.98 Å². The number of hydrogen-bond acceptors (Lipinski definition) is 1. The zero-order chi connectivity index (χ0) is 15.0. The summed E-state index contributed by atoms with van der Waals surface area (Å²) in [6, 6.07) is 19.0. The molecule has 1 heterocycles. The van der Waals surface area contributed by atoms with E-state index in [1.807, 2.05) is 6.07 Å². The highest BCUT2D eigenvalue weighted by molar-refractivity contribution is 9.10. The van der Waals surface area contributed by atoms with E-state index in [1.54, 1.807) is 0 Å². The number of fused-ring (bicyclic) bond motifs is 1. The number of benzene rings is 2. The van der Waals surface area contributed by atoms with Crippen LogP contribution in [0, 0.1) is 0 Å². The normalized spacial score (nSPS) is 11.8. The monoisotopic (exact) mass is 339 g/mol. The number of hydrogen-bond donors (Lipinski definition) is 0. The molecule has 1 nitrogen and oxygen atoms in total. The Bertz CT molecular complexity index is 786. The molecule has 21 heavy (non-hydrogen) atoms. The van der Waals surface area contributed by atoms with Crippen LogP contribution in [0.25, 0.3) is 22.0 Å². The SMILES string of the molecule is CC(C)(C)c1cc(-c2ccccc2)c2cc(Br)ccc2n1. The fourth-order valence-electron chi connectivity index (χ4n) is 2.44. The van der Waals surface area contributed by atoms with Gasteiger partial charge in [-0.05, 0) is 35.4 Å². The maximum atomic E-state index is 4.85. The van der Waals surface area contributed by atoms with E-state index in [4.69, 9.17) is 4.98 Å². The molecule has 0 aliphatic heterocycles. The molecule has 0 bridgehead atoms. The molecule has 0 amide bonds. The van der Waals surface area contributed by atoms with E-state index in [-0.39, 0.29) is 5.41 Å². The lowest BCUT2D eigenvalue weighted by Crippen LogP contribution is -2.13. The Morgan fingerprint density at radius 1 is 0.905 bits per heavy atom. The van der Waals surface area contributed by atoms with Crippen molar-refractivity contribution in [2.24, 2.45) is 0 Å². The van der Waals surface area contributed by atoms with Crippen LogP contribution in [0.5, 0.6) is 0 Å². The zero-order valence-corrected chi connectivity index (χ0v) is 14.1.